The average molecular weight is 423 g/mol. The van der Waals surface area contributed by atoms with Crippen molar-refractivity contribution in [1.82, 2.24) is 9.78 Å². The minimum atomic E-state index is -0.539. The summed E-state index contributed by atoms with van der Waals surface area (Å²) in [6.45, 7) is 5.90. The number of carbonyl (C=O) groups excluding carboxylic acids is 2. The van der Waals surface area contributed by atoms with E-state index in [2.05, 4.69) is 10.4 Å². The lowest BCUT2D eigenvalue weighted by Crippen LogP contribution is -2.20. The Morgan fingerprint density at radius 2 is 1.87 bits per heavy atom. The van der Waals surface area contributed by atoms with Gasteiger partial charge in [0.1, 0.15) is 5.82 Å². The first-order chi connectivity index (χ1) is 14.9. The standard InChI is InChI=1S/C24H26FN3O3/c1-4-7-16(3)23(29)26-19-9-6-8-17(14-19)22-15-21(24(30)31-5-2)27-28(22)20-12-10-18(25)11-13-20/h6,8-16H,4-5,7H2,1-3H3,(H,26,29). The van der Waals surface area contributed by atoms with Gasteiger partial charge in [-0.15, -0.1) is 0 Å². The van der Waals surface area contributed by atoms with Crippen molar-refractivity contribution in [2.75, 3.05) is 11.9 Å². The molecule has 31 heavy (non-hydrogen) atoms. The van der Waals surface area contributed by atoms with Crippen LogP contribution >= 0.6 is 0 Å². The Labute approximate surface area is 181 Å². The van der Waals surface area contributed by atoms with Crippen LogP contribution in [0.5, 0.6) is 0 Å². The second kappa shape index (κ2) is 10.0. The highest BCUT2D eigenvalue weighted by Gasteiger charge is 2.18. The maximum absolute atomic E-state index is 13.4. The van der Waals surface area contributed by atoms with Crippen molar-refractivity contribution in [1.29, 1.82) is 0 Å². The lowest BCUT2D eigenvalue weighted by Gasteiger charge is -2.13. The Bertz CT molecular complexity index is 1060. The van der Waals surface area contributed by atoms with E-state index >= 15 is 0 Å². The zero-order chi connectivity index (χ0) is 22.4. The number of rotatable bonds is 8. The number of amides is 1. The second-order valence-electron chi connectivity index (χ2n) is 7.28. The van der Waals surface area contributed by atoms with Crippen molar-refractivity contribution in [2.24, 2.45) is 5.92 Å². The summed E-state index contributed by atoms with van der Waals surface area (Å²) in [4.78, 5) is 24.7. The first-order valence-electron chi connectivity index (χ1n) is 10.4. The number of hydrogen-bond acceptors (Lipinski definition) is 4. The summed E-state index contributed by atoms with van der Waals surface area (Å²) in [5, 5.41) is 7.32. The van der Waals surface area contributed by atoms with Crippen molar-refractivity contribution in [3.05, 3.63) is 66.1 Å². The summed E-state index contributed by atoms with van der Waals surface area (Å²) in [7, 11) is 0. The normalized spacial score (nSPS) is 11.7. The number of nitrogens with zero attached hydrogens (tertiary/aromatic N) is 2. The highest BCUT2D eigenvalue weighted by Crippen LogP contribution is 2.27. The largest absolute Gasteiger partial charge is 0.461 e. The molecule has 6 nitrogen and oxygen atoms in total. The lowest BCUT2D eigenvalue weighted by atomic mass is 10.0. The zero-order valence-electron chi connectivity index (χ0n) is 17.9. The first kappa shape index (κ1) is 22.2. The van der Waals surface area contributed by atoms with Crippen LogP contribution in [0.1, 0.15) is 44.1 Å². The van der Waals surface area contributed by atoms with E-state index in [4.69, 9.17) is 4.74 Å². The summed E-state index contributed by atoms with van der Waals surface area (Å²) < 4.78 is 20.1. The van der Waals surface area contributed by atoms with Crippen LogP contribution < -0.4 is 5.32 Å². The molecule has 0 saturated carbocycles. The molecule has 162 valence electrons. The minimum absolute atomic E-state index is 0.0433. The van der Waals surface area contributed by atoms with Gasteiger partial charge in [0.2, 0.25) is 5.91 Å². The highest BCUT2D eigenvalue weighted by molar-refractivity contribution is 5.93. The lowest BCUT2D eigenvalue weighted by molar-refractivity contribution is -0.119. The highest BCUT2D eigenvalue weighted by atomic mass is 19.1. The average Bonchev–Trinajstić information content (AvgIpc) is 3.20. The number of aromatic nitrogens is 2. The van der Waals surface area contributed by atoms with Gasteiger partial charge in [-0.3, -0.25) is 4.79 Å². The van der Waals surface area contributed by atoms with Gasteiger partial charge in [-0.1, -0.05) is 32.4 Å². The van der Waals surface area contributed by atoms with Crippen LogP contribution in [0.2, 0.25) is 0 Å². The molecule has 0 spiro atoms. The van der Waals surface area contributed by atoms with Gasteiger partial charge in [-0.2, -0.15) is 5.10 Å². The number of carbonyl (C=O) groups is 2. The van der Waals surface area contributed by atoms with Crippen molar-refractivity contribution in [3.8, 4) is 16.9 Å². The molecule has 0 radical (unpaired) electrons. The molecule has 1 N–H and O–H groups in total. The summed E-state index contributed by atoms with van der Waals surface area (Å²) >= 11 is 0. The number of esters is 1. The van der Waals surface area contributed by atoms with Gasteiger partial charge in [0.05, 0.1) is 18.0 Å². The molecule has 3 rings (SSSR count). The number of ether oxygens (including phenoxy) is 1. The SMILES string of the molecule is CCCC(C)C(=O)Nc1cccc(-c2cc(C(=O)OCC)nn2-c2ccc(F)cc2)c1. The Morgan fingerprint density at radius 1 is 1.13 bits per heavy atom. The van der Waals surface area contributed by atoms with Crippen LogP contribution in [0.25, 0.3) is 16.9 Å². The van der Waals surface area contributed by atoms with Crippen LogP contribution in [-0.2, 0) is 9.53 Å². The fourth-order valence-electron chi connectivity index (χ4n) is 3.26. The predicted octanol–water partition coefficient (Wildman–Crippen LogP) is 5.23. The van der Waals surface area contributed by atoms with Crippen LogP contribution in [0.4, 0.5) is 10.1 Å². The Balaban J connectivity index is 2.00. The van der Waals surface area contributed by atoms with E-state index in [-0.39, 0.29) is 29.9 Å². The van der Waals surface area contributed by atoms with Crippen molar-refractivity contribution in [3.63, 3.8) is 0 Å². The number of nitrogens with one attached hydrogen (secondary N) is 1. The Morgan fingerprint density at radius 3 is 2.55 bits per heavy atom. The molecular formula is C24H26FN3O3. The molecular weight excluding hydrogens is 397 g/mol. The molecule has 2 aromatic carbocycles. The summed E-state index contributed by atoms with van der Waals surface area (Å²) in [5.74, 6) is -1.04. The molecule has 0 aliphatic carbocycles. The third-order valence-corrected chi connectivity index (χ3v) is 4.86. The predicted molar refractivity (Wildman–Crippen MR) is 118 cm³/mol. The van der Waals surface area contributed by atoms with Crippen LogP contribution in [0.3, 0.4) is 0 Å². The van der Waals surface area contributed by atoms with Gasteiger partial charge in [0.15, 0.2) is 5.69 Å². The van der Waals surface area contributed by atoms with Gasteiger partial charge in [0, 0.05) is 17.2 Å². The molecule has 1 aromatic heterocycles. The van der Waals surface area contributed by atoms with Gasteiger partial charge in [-0.05, 0) is 55.8 Å². The molecule has 7 heteroatoms. The maximum atomic E-state index is 13.4. The fourth-order valence-corrected chi connectivity index (χ4v) is 3.26. The Hall–Kier alpha value is -3.48. The van der Waals surface area contributed by atoms with Crippen LogP contribution in [0.15, 0.2) is 54.6 Å². The third kappa shape index (κ3) is 5.36. The third-order valence-electron chi connectivity index (χ3n) is 4.86. The van der Waals surface area contributed by atoms with Crippen molar-refractivity contribution >= 4 is 17.6 Å². The van der Waals surface area contributed by atoms with E-state index < -0.39 is 5.97 Å². The van der Waals surface area contributed by atoms with Crippen LogP contribution in [-0.4, -0.2) is 28.3 Å². The molecule has 0 aliphatic rings. The molecule has 0 aliphatic heterocycles. The van der Waals surface area contributed by atoms with Crippen molar-refractivity contribution in [2.45, 2.75) is 33.6 Å². The number of anilines is 1. The van der Waals surface area contributed by atoms with Gasteiger partial charge >= 0.3 is 5.97 Å². The number of halogens is 1. The molecule has 0 bridgehead atoms. The molecule has 1 amide bonds. The molecule has 3 aromatic rings. The topological polar surface area (TPSA) is 73.2 Å². The molecule has 1 atom stereocenters. The van der Waals surface area contributed by atoms with E-state index in [0.717, 1.165) is 18.4 Å². The summed E-state index contributed by atoms with van der Waals surface area (Å²) in [6.07, 6.45) is 1.74. The Kier molecular flexibility index (Phi) is 7.18. The molecule has 1 heterocycles. The first-order valence-corrected chi connectivity index (χ1v) is 10.4. The van der Waals surface area contributed by atoms with E-state index in [9.17, 15) is 14.0 Å². The quantitative estimate of drug-likeness (QED) is 0.504. The van der Waals surface area contributed by atoms with Gasteiger partial charge < -0.3 is 10.1 Å². The fraction of sp³-hybridized carbons (Fsp3) is 0.292. The zero-order valence-corrected chi connectivity index (χ0v) is 17.9. The van der Waals surface area contributed by atoms with E-state index in [0.29, 0.717) is 17.1 Å². The summed E-state index contributed by atoms with van der Waals surface area (Å²) in [5.41, 5.74) is 2.75. The van der Waals surface area contributed by atoms with E-state index in [1.165, 1.54) is 12.1 Å². The van der Waals surface area contributed by atoms with E-state index in [1.54, 1.807) is 29.8 Å². The van der Waals surface area contributed by atoms with Crippen LogP contribution in [0, 0.1) is 11.7 Å². The van der Waals surface area contributed by atoms with E-state index in [1.807, 2.05) is 38.1 Å². The molecule has 0 saturated heterocycles. The summed E-state index contributed by atoms with van der Waals surface area (Å²) in [6, 6.07) is 14.8. The molecule has 0 fully saturated rings. The van der Waals surface area contributed by atoms with Gasteiger partial charge in [-0.25, -0.2) is 13.9 Å². The van der Waals surface area contributed by atoms with Crippen molar-refractivity contribution < 1.29 is 18.7 Å². The molecule has 1 unspecified atom stereocenters. The number of hydrogen-bond donors (Lipinski definition) is 1. The minimum Gasteiger partial charge on any atom is -0.461 e. The second-order valence-corrected chi connectivity index (χ2v) is 7.28. The number of benzene rings is 2. The smallest absolute Gasteiger partial charge is 0.358 e. The maximum Gasteiger partial charge on any atom is 0.358 e. The monoisotopic (exact) mass is 423 g/mol. The van der Waals surface area contributed by atoms with Gasteiger partial charge in [0.25, 0.3) is 0 Å².